The van der Waals surface area contributed by atoms with E-state index in [2.05, 4.69) is 10.9 Å². The van der Waals surface area contributed by atoms with E-state index in [9.17, 15) is 14.4 Å². The summed E-state index contributed by atoms with van der Waals surface area (Å²) in [6, 6.07) is 5.71. The Morgan fingerprint density at radius 3 is 2.52 bits per heavy atom. The molecule has 2 N–H and O–H groups in total. The predicted molar refractivity (Wildman–Crippen MR) is 93.7 cm³/mol. The monoisotopic (exact) mass is 343 g/mol. The Kier molecular flexibility index (Phi) is 5.68. The number of amides is 3. The third kappa shape index (κ3) is 4.59. The van der Waals surface area contributed by atoms with Gasteiger partial charge in [-0.15, -0.1) is 0 Å². The molecule has 0 bridgehead atoms. The molecule has 0 spiro atoms. The molecule has 2 aliphatic rings. The third-order valence-electron chi connectivity index (χ3n) is 4.93. The van der Waals surface area contributed by atoms with Crippen molar-refractivity contribution in [2.45, 2.75) is 51.4 Å². The van der Waals surface area contributed by atoms with Crippen LogP contribution in [0.3, 0.4) is 0 Å². The second kappa shape index (κ2) is 8.14. The molecule has 3 rings (SSSR count). The maximum absolute atomic E-state index is 12.2. The first-order valence-corrected chi connectivity index (χ1v) is 9.12. The summed E-state index contributed by atoms with van der Waals surface area (Å²) in [6.07, 6.45) is 7.72. The molecule has 0 saturated carbocycles. The zero-order valence-corrected chi connectivity index (χ0v) is 14.5. The first kappa shape index (κ1) is 17.5. The van der Waals surface area contributed by atoms with Crippen molar-refractivity contribution in [1.29, 1.82) is 0 Å². The van der Waals surface area contributed by atoms with Crippen molar-refractivity contribution < 1.29 is 14.4 Å². The number of carbonyl (C=O) groups excluding carboxylic acids is 3. The minimum Gasteiger partial charge on any atom is -0.333 e. The van der Waals surface area contributed by atoms with Gasteiger partial charge in [0.2, 0.25) is 5.91 Å². The molecule has 0 radical (unpaired) electrons. The topological polar surface area (TPSA) is 78.5 Å². The van der Waals surface area contributed by atoms with E-state index in [-0.39, 0.29) is 24.3 Å². The van der Waals surface area contributed by atoms with Crippen molar-refractivity contribution in [2.24, 2.45) is 0 Å². The molecule has 0 unspecified atom stereocenters. The number of benzene rings is 1. The van der Waals surface area contributed by atoms with Crippen LogP contribution in [-0.4, -0.2) is 35.7 Å². The molecular weight excluding hydrogens is 318 g/mol. The highest BCUT2D eigenvalue weighted by Gasteiger charge is 2.19. The van der Waals surface area contributed by atoms with Crippen molar-refractivity contribution in [2.75, 3.05) is 13.1 Å². The predicted octanol–water partition coefficient (Wildman–Crippen LogP) is 1.73. The number of carbonyl (C=O) groups is 3. The molecule has 1 aliphatic carbocycles. The van der Waals surface area contributed by atoms with Crippen LogP contribution >= 0.6 is 0 Å². The molecule has 6 nitrogen and oxygen atoms in total. The number of rotatable bonds is 3. The van der Waals surface area contributed by atoms with Gasteiger partial charge >= 0.3 is 0 Å². The number of likely N-dealkylation sites (tertiary alicyclic amines) is 1. The van der Waals surface area contributed by atoms with E-state index in [4.69, 9.17) is 0 Å². The van der Waals surface area contributed by atoms with E-state index in [0.29, 0.717) is 18.5 Å². The van der Waals surface area contributed by atoms with E-state index < -0.39 is 0 Å². The first-order chi connectivity index (χ1) is 12.1. The van der Waals surface area contributed by atoms with Crippen molar-refractivity contribution in [3.05, 3.63) is 34.9 Å². The van der Waals surface area contributed by atoms with Crippen LogP contribution in [0.25, 0.3) is 0 Å². The van der Waals surface area contributed by atoms with Crippen LogP contribution < -0.4 is 10.9 Å². The van der Waals surface area contributed by atoms with E-state index in [0.717, 1.165) is 38.5 Å². The van der Waals surface area contributed by atoms with Crippen LogP contribution in [-0.2, 0) is 22.4 Å². The summed E-state index contributed by atoms with van der Waals surface area (Å²) in [6.45, 7) is 0.592. The van der Waals surface area contributed by atoms with Gasteiger partial charge in [-0.1, -0.05) is 12.5 Å². The fraction of sp³-hybridized carbons (Fsp3) is 0.526. The van der Waals surface area contributed by atoms with E-state index >= 15 is 0 Å². The summed E-state index contributed by atoms with van der Waals surface area (Å²) in [5.41, 5.74) is 7.95. The Balaban J connectivity index is 1.51. The highest BCUT2D eigenvalue weighted by atomic mass is 16.2. The minimum absolute atomic E-state index is 0.00802. The summed E-state index contributed by atoms with van der Waals surface area (Å²) in [7, 11) is 0. The van der Waals surface area contributed by atoms with Gasteiger partial charge in [0.15, 0.2) is 0 Å². The smallest absolute Gasteiger partial charge is 0.269 e. The van der Waals surface area contributed by atoms with Crippen LogP contribution in [0.4, 0.5) is 0 Å². The molecule has 1 heterocycles. The van der Waals surface area contributed by atoms with Gasteiger partial charge in [0.25, 0.3) is 11.8 Å². The van der Waals surface area contributed by atoms with Gasteiger partial charge in [0.05, 0.1) is 0 Å². The molecule has 1 aliphatic heterocycles. The highest BCUT2D eigenvalue weighted by Crippen LogP contribution is 2.22. The fourth-order valence-electron chi connectivity index (χ4n) is 3.49. The van der Waals surface area contributed by atoms with Crippen LogP contribution in [0, 0.1) is 0 Å². The zero-order chi connectivity index (χ0) is 17.6. The second-order valence-corrected chi connectivity index (χ2v) is 6.82. The number of hydrogen-bond acceptors (Lipinski definition) is 3. The molecule has 1 fully saturated rings. The maximum atomic E-state index is 12.2. The van der Waals surface area contributed by atoms with Gasteiger partial charge in [0.1, 0.15) is 6.54 Å². The molecule has 1 aromatic rings. The van der Waals surface area contributed by atoms with Gasteiger partial charge in [-0.2, -0.15) is 0 Å². The lowest BCUT2D eigenvalue weighted by Gasteiger charge is -2.20. The van der Waals surface area contributed by atoms with Crippen LogP contribution in [0.5, 0.6) is 0 Å². The quantitative estimate of drug-likeness (QED) is 0.821. The van der Waals surface area contributed by atoms with Crippen molar-refractivity contribution in [3.8, 4) is 0 Å². The maximum Gasteiger partial charge on any atom is 0.269 e. The Labute approximate surface area is 147 Å². The standard InChI is InChI=1S/C19H25N3O3/c23-17(13-22-11-5-1-2-8-18(22)24)20-21-19(25)16-10-9-14-6-3-4-7-15(14)12-16/h9-10,12H,1-8,11,13H2,(H,20,23)(H,21,25). The molecule has 1 aromatic carbocycles. The van der Waals surface area contributed by atoms with E-state index in [1.165, 1.54) is 17.5 Å². The van der Waals surface area contributed by atoms with Gasteiger partial charge in [-0.3, -0.25) is 25.2 Å². The van der Waals surface area contributed by atoms with Gasteiger partial charge in [-0.05, 0) is 61.8 Å². The second-order valence-electron chi connectivity index (χ2n) is 6.82. The number of nitrogens with zero attached hydrogens (tertiary/aromatic N) is 1. The fourth-order valence-corrected chi connectivity index (χ4v) is 3.49. The molecule has 6 heteroatoms. The summed E-state index contributed by atoms with van der Waals surface area (Å²) in [5.74, 6) is -0.695. The molecule has 1 saturated heterocycles. The first-order valence-electron chi connectivity index (χ1n) is 9.12. The van der Waals surface area contributed by atoms with E-state index in [1.54, 1.807) is 11.0 Å². The number of nitrogens with one attached hydrogen (secondary N) is 2. The highest BCUT2D eigenvalue weighted by molar-refractivity contribution is 5.96. The number of hydrazine groups is 1. The molecule has 3 amide bonds. The molecule has 134 valence electrons. The summed E-state index contributed by atoms with van der Waals surface area (Å²) < 4.78 is 0. The largest absolute Gasteiger partial charge is 0.333 e. The minimum atomic E-state index is -0.374. The zero-order valence-electron chi connectivity index (χ0n) is 14.5. The Morgan fingerprint density at radius 2 is 1.68 bits per heavy atom. The summed E-state index contributed by atoms with van der Waals surface area (Å²) >= 11 is 0. The van der Waals surface area contributed by atoms with E-state index in [1.807, 2.05) is 12.1 Å². The molecular formula is C19H25N3O3. The summed E-state index contributed by atoms with van der Waals surface area (Å²) in [5, 5.41) is 0. The van der Waals surface area contributed by atoms with Crippen LogP contribution in [0.2, 0.25) is 0 Å². The average molecular weight is 343 g/mol. The Morgan fingerprint density at radius 1 is 0.920 bits per heavy atom. The average Bonchev–Trinajstić information content (AvgIpc) is 2.83. The SMILES string of the molecule is O=C(CN1CCCCCC1=O)NNC(=O)c1ccc2c(c1)CCCC2. The van der Waals surface area contributed by atoms with Crippen molar-refractivity contribution >= 4 is 17.7 Å². The molecule has 25 heavy (non-hydrogen) atoms. The lowest BCUT2D eigenvalue weighted by atomic mass is 9.90. The van der Waals surface area contributed by atoms with Gasteiger partial charge < -0.3 is 4.90 Å². The number of aryl methyl sites for hydroxylation is 2. The lowest BCUT2D eigenvalue weighted by molar-refractivity contribution is -0.135. The van der Waals surface area contributed by atoms with Crippen LogP contribution in [0.1, 0.15) is 60.0 Å². The summed E-state index contributed by atoms with van der Waals surface area (Å²) in [4.78, 5) is 37.7. The van der Waals surface area contributed by atoms with Crippen molar-refractivity contribution in [1.82, 2.24) is 15.8 Å². The van der Waals surface area contributed by atoms with Crippen LogP contribution in [0.15, 0.2) is 18.2 Å². The van der Waals surface area contributed by atoms with Gasteiger partial charge in [-0.25, -0.2) is 0 Å². The normalized spacial score (nSPS) is 17.4. The number of hydrogen-bond donors (Lipinski definition) is 2. The Hall–Kier alpha value is -2.37. The third-order valence-corrected chi connectivity index (χ3v) is 4.93. The number of fused-ring (bicyclic) bond motifs is 1. The Bertz CT molecular complexity index is 672. The molecule has 0 aromatic heterocycles. The lowest BCUT2D eigenvalue weighted by Crippen LogP contribution is -2.47. The molecule has 0 atom stereocenters. The van der Waals surface area contributed by atoms with Crippen molar-refractivity contribution in [3.63, 3.8) is 0 Å². The van der Waals surface area contributed by atoms with Gasteiger partial charge in [0, 0.05) is 18.5 Å².